The van der Waals surface area contributed by atoms with E-state index in [-0.39, 0.29) is 36.4 Å². The molecular formula is C34H56N2O6. The van der Waals surface area contributed by atoms with Gasteiger partial charge < -0.3 is 24.4 Å². The third kappa shape index (κ3) is 6.50. The Kier molecular flexibility index (Phi) is 10.8. The minimum Gasteiger partial charge on any atom is -0.465 e. The summed E-state index contributed by atoms with van der Waals surface area (Å²) in [5, 5.41) is 9.22. The molecule has 0 aromatic rings. The summed E-state index contributed by atoms with van der Waals surface area (Å²) < 4.78 is 12.6. The molecule has 2 amide bonds. The van der Waals surface area contributed by atoms with Gasteiger partial charge in [0.05, 0.1) is 18.1 Å². The summed E-state index contributed by atoms with van der Waals surface area (Å²) in [5.41, 5.74) is -2.54. The lowest BCUT2D eigenvalue weighted by Gasteiger charge is -2.45. The molecule has 238 valence electrons. The molecule has 3 unspecified atom stereocenters. The molecule has 3 saturated heterocycles. The van der Waals surface area contributed by atoms with Crippen LogP contribution in [0.15, 0.2) is 25.3 Å². The smallest absolute Gasteiger partial charge is 0.312 e. The van der Waals surface area contributed by atoms with Crippen molar-refractivity contribution in [2.75, 3.05) is 26.3 Å². The van der Waals surface area contributed by atoms with Gasteiger partial charge in [-0.25, -0.2) is 0 Å². The predicted octanol–water partition coefficient (Wildman–Crippen LogP) is 5.29. The average molecular weight is 589 g/mol. The Bertz CT molecular complexity index is 1020. The van der Waals surface area contributed by atoms with Crippen molar-refractivity contribution in [3.8, 4) is 0 Å². The molecule has 1 spiro atoms. The van der Waals surface area contributed by atoms with Crippen LogP contribution in [0.5, 0.6) is 0 Å². The lowest BCUT2D eigenvalue weighted by molar-refractivity contribution is -0.163. The second-order valence-corrected chi connectivity index (χ2v) is 14.8. The number of nitrogens with zero attached hydrogens (tertiary/aromatic N) is 2. The van der Waals surface area contributed by atoms with Gasteiger partial charge in [0, 0.05) is 25.2 Å². The highest BCUT2D eigenvalue weighted by Gasteiger charge is 2.80. The number of esters is 1. The number of carbonyl (C=O) groups is 3. The van der Waals surface area contributed by atoms with E-state index in [1.54, 1.807) is 17.1 Å². The SMILES string of the molecule is C=CCCCOC(=O)[C@@H]1[C@H]2C(=O)N(CCCCCCO)C(C(=O)N(CC=C)C(C)(C)CC(C)(C)C)C23CC(C)[C@@]1(C)O3. The molecule has 0 aromatic carbocycles. The van der Waals surface area contributed by atoms with Gasteiger partial charge in [-0.1, -0.05) is 52.7 Å². The summed E-state index contributed by atoms with van der Waals surface area (Å²) in [6.45, 7) is 23.4. The van der Waals surface area contributed by atoms with E-state index >= 15 is 0 Å². The van der Waals surface area contributed by atoms with Crippen molar-refractivity contribution >= 4 is 17.8 Å². The number of rotatable bonds is 16. The van der Waals surface area contributed by atoms with Crippen molar-refractivity contribution in [1.82, 2.24) is 9.80 Å². The van der Waals surface area contributed by atoms with Crippen LogP contribution in [0.25, 0.3) is 0 Å². The van der Waals surface area contributed by atoms with Crippen LogP contribution in [0.2, 0.25) is 0 Å². The Morgan fingerprint density at radius 1 is 1.12 bits per heavy atom. The topological polar surface area (TPSA) is 96.4 Å². The number of fused-ring (bicyclic) bond motifs is 1. The number of amides is 2. The Morgan fingerprint density at radius 2 is 1.79 bits per heavy atom. The lowest BCUT2D eigenvalue weighted by atomic mass is 9.62. The fourth-order valence-electron chi connectivity index (χ4n) is 8.16. The summed E-state index contributed by atoms with van der Waals surface area (Å²) in [6, 6.07) is -0.838. The van der Waals surface area contributed by atoms with E-state index in [9.17, 15) is 19.5 Å². The maximum Gasteiger partial charge on any atom is 0.312 e. The van der Waals surface area contributed by atoms with E-state index in [1.165, 1.54) is 0 Å². The summed E-state index contributed by atoms with van der Waals surface area (Å²) in [6.07, 6.45) is 9.30. The number of likely N-dealkylation sites (tertiary alicyclic amines) is 1. The van der Waals surface area contributed by atoms with Crippen molar-refractivity contribution in [2.24, 2.45) is 23.2 Å². The molecule has 8 nitrogen and oxygen atoms in total. The van der Waals surface area contributed by atoms with Gasteiger partial charge in [0.25, 0.3) is 0 Å². The van der Waals surface area contributed by atoms with Crippen molar-refractivity contribution in [3.63, 3.8) is 0 Å². The summed E-state index contributed by atoms with van der Waals surface area (Å²) in [4.78, 5) is 46.5. The highest BCUT2D eigenvalue weighted by molar-refractivity contribution is 5.98. The van der Waals surface area contributed by atoms with Gasteiger partial charge >= 0.3 is 5.97 Å². The Morgan fingerprint density at radius 3 is 2.38 bits per heavy atom. The van der Waals surface area contributed by atoms with Crippen LogP contribution < -0.4 is 0 Å². The van der Waals surface area contributed by atoms with Gasteiger partial charge in [-0.05, 0) is 70.6 Å². The standard InChI is InChI=1S/C34H56N2O6/c1-10-12-17-21-41-30(40)26-25-28(38)35(19-15-13-14-16-20-37)27(34(25)22-24(3)33(26,9)42-34)29(39)36(18-11-2)32(7,8)23-31(4,5)6/h10-11,24-27,37H,1-2,12-23H2,3-9H3/t24?,25-,26-,27?,33+,34?/m0/s1. The van der Waals surface area contributed by atoms with Crippen molar-refractivity contribution in [1.29, 1.82) is 0 Å². The maximum absolute atomic E-state index is 14.9. The third-order valence-electron chi connectivity index (χ3n) is 9.68. The molecule has 3 fully saturated rings. The number of allylic oxidation sites excluding steroid dienone is 1. The maximum atomic E-state index is 14.9. The molecule has 0 radical (unpaired) electrons. The van der Waals surface area contributed by atoms with Crippen LogP contribution in [0, 0.1) is 23.2 Å². The fourth-order valence-corrected chi connectivity index (χ4v) is 8.16. The molecule has 1 N–H and O–H groups in total. The highest BCUT2D eigenvalue weighted by Crippen LogP contribution is 2.65. The fraction of sp³-hybridized carbons (Fsp3) is 0.794. The summed E-state index contributed by atoms with van der Waals surface area (Å²) >= 11 is 0. The molecule has 3 heterocycles. The molecule has 0 saturated carbocycles. The first-order chi connectivity index (χ1) is 19.6. The number of hydrogen-bond acceptors (Lipinski definition) is 6. The molecule has 3 aliphatic heterocycles. The predicted molar refractivity (Wildman–Crippen MR) is 164 cm³/mol. The van der Waals surface area contributed by atoms with E-state index in [0.29, 0.717) is 38.8 Å². The molecule has 3 rings (SSSR count). The van der Waals surface area contributed by atoms with Gasteiger partial charge in [0.15, 0.2) is 0 Å². The molecule has 6 atom stereocenters. The largest absolute Gasteiger partial charge is 0.465 e. The minimum absolute atomic E-state index is 0.0351. The summed E-state index contributed by atoms with van der Waals surface area (Å²) in [5.74, 6) is -2.34. The van der Waals surface area contributed by atoms with Gasteiger partial charge in [-0.3, -0.25) is 14.4 Å². The number of aliphatic hydroxyl groups is 1. The third-order valence-corrected chi connectivity index (χ3v) is 9.68. The van der Waals surface area contributed by atoms with Crippen molar-refractivity contribution in [2.45, 2.75) is 123 Å². The number of unbranched alkanes of at least 4 members (excludes halogenated alkanes) is 4. The second-order valence-electron chi connectivity index (χ2n) is 14.8. The summed E-state index contributed by atoms with van der Waals surface area (Å²) in [7, 11) is 0. The van der Waals surface area contributed by atoms with Gasteiger partial charge in [-0.2, -0.15) is 0 Å². The van der Waals surface area contributed by atoms with Crippen molar-refractivity contribution in [3.05, 3.63) is 25.3 Å². The Labute approximate surface area is 253 Å². The van der Waals surface area contributed by atoms with Crippen LogP contribution in [0.1, 0.15) is 99.8 Å². The zero-order valence-electron chi connectivity index (χ0n) is 27.2. The zero-order chi connectivity index (χ0) is 31.5. The zero-order valence-corrected chi connectivity index (χ0v) is 27.2. The van der Waals surface area contributed by atoms with Crippen LogP contribution >= 0.6 is 0 Å². The van der Waals surface area contributed by atoms with E-state index in [1.807, 2.05) is 11.8 Å². The number of hydrogen-bond donors (Lipinski definition) is 1. The van der Waals surface area contributed by atoms with Crippen LogP contribution in [0.3, 0.4) is 0 Å². The van der Waals surface area contributed by atoms with E-state index in [2.05, 4.69) is 54.7 Å². The quantitative estimate of drug-likeness (QED) is 0.150. The van der Waals surface area contributed by atoms with E-state index in [4.69, 9.17) is 9.47 Å². The monoisotopic (exact) mass is 588 g/mol. The van der Waals surface area contributed by atoms with Gasteiger partial charge in [0.2, 0.25) is 11.8 Å². The normalized spacial score (nSPS) is 30.4. The first kappa shape index (κ1) is 34.3. The molecule has 8 heteroatoms. The molecular weight excluding hydrogens is 532 g/mol. The minimum atomic E-state index is -1.10. The van der Waals surface area contributed by atoms with Crippen LogP contribution in [0.4, 0.5) is 0 Å². The molecule has 0 aromatic heterocycles. The van der Waals surface area contributed by atoms with Gasteiger partial charge in [0.1, 0.15) is 17.6 Å². The Hall–Kier alpha value is -2.19. The number of ether oxygens (including phenoxy) is 2. The first-order valence-electron chi connectivity index (χ1n) is 15.9. The second kappa shape index (κ2) is 13.2. The molecule has 42 heavy (non-hydrogen) atoms. The number of carbonyl (C=O) groups excluding carboxylic acids is 3. The first-order valence-corrected chi connectivity index (χ1v) is 15.9. The van der Waals surface area contributed by atoms with Crippen molar-refractivity contribution < 1.29 is 29.0 Å². The van der Waals surface area contributed by atoms with Crippen LogP contribution in [-0.2, 0) is 23.9 Å². The molecule has 2 bridgehead atoms. The lowest BCUT2D eigenvalue weighted by Crippen LogP contribution is -2.61. The average Bonchev–Trinajstić information content (AvgIpc) is 3.39. The molecule has 0 aliphatic carbocycles. The van der Waals surface area contributed by atoms with E-state index in [0.717, 1.165) is 25.7 Å². The van der Waals surface area contributed by atoms with Gasteiger partial charge in [-0.15, -0.1) is 13.2 Å². The number of aliphatic hydroxyl groups excluding tert-OH is 1. The Balaban J connectivity index is 2.05. The van der Waals surface area contributed by atoms with Crippen LogP contribution in [-0.4, -0.2) is 81.8 Å². The highest BCUT2D eigenvalue weighted by atomic mass is 16.6. The molecule has 3 aliphatic rings. The van der Waals surface area contributed by atoms with E-state index < -0.39 is 40.6 Å².